The second-order valence-electron chi connectivity index (χ2n) is 4.19. The maximum absolute atomic E-state index is 12.6. The molecule has 2 rings (SSSR count). The lowest BCUT2D eigenvalue weighted by Gasteiger charge is -2.11. The predicted molar refractivity (Wildman–Crippen MR) is 70.5 cm³/mol. The molecule has 106 valence electrons. The lowest BCUT2D eigenvalue weighted by Crippen LogP contribution is -2.08. The number of hydrogen-bond donors (Lipinski definition) is 1. The number of rotatable bonds is 3. The van der Waals surface area contributed by atoms with E-state index in [0.717, 1.165) is 12.1 Å². The molecule has 0 aliphatic heterocycles. The maximum Gasteiger partial charge on any atom is 0.416 e. The molecule has 2 aromatic rings. The highest BCUT2D eigenvalue weighted by Crippen LogP contribution is 2.29. The summed E-state index contributed by atoms with van der Waals surface area (Å²) in [6, 6.07) is 5.13. The van der Waals surface area contributed by atoms with Gasteiger partial charge in [-0.1, -0.05) is 23.7 Å². The highest BCUT2D eigenvalue weighted by Gasteiger charge is 2.30. The van der Waals surface area contributed by atoms with Crippen LogP contribution in [0.15, 0.2) is 30.6 Å². The van der Waals surface area contributed by atoms with Crippen molar-refractivity contribution in [3.05, 3.63) is 52.4 Å². The summed E-state index contributed by atoms with van der Waals surface area (Å²) in [5.41, 5.74) is 0.490. The molecule has 0 unspecified atom stereocenters. The van der Waals surface area contributed by atoms with Crippen molar-refractivity contribution in [2.45, 2.75) is 19.6 Å². The molecule has 0 aliphatic carbocycles. The Morgan fingerprint density at radius 1 is 1.25 bits per heavy atom. The highest BCUT2D eigenvalue weighted by atomic mass is 35.5. The van der Waals surface area contributed by atoms with Crippen molar-refractivity contribution in [3.63, 3.8) is 0 Å². The minimum Gasteiger partial charge on any atom is -0.366 e. The fourth-order valence-corrected chi connectivity index (χ4v) is 1.78. The standard InChI is InChI=1S/C13H11ClF3N3/c1-8-11(14)19-7-20-12(8)18-6-9-3-2-4-10(5-9)13(15,16)17/h2-5,7H,6H2,1H3,(H,18,19,20). The van der Waals surface area contributed by atoms with Gasteiger partial charge in [-0.3, -0.25) is 0 Å². The second kappa shape index (κ2) is 5.66. The quantitative estimate of drug-likeness (QED) is 0.868. The van der Waals surface area contributed by atoms with Crippen molar-refractivity contribution >= 4 is 17.4 Å². The van der Waals surface area contributed by atoms with Crippen LogP contribution in [0.5, 0.6) is 0 Å². The lowest BCUT2D eigenvalue weighted by molar-refractivity contribution is -0.137. The van der Waals surface area contributed by atoms with Gasteiger partial charge in [-0.05, 0) is 24.6 Å². The summed E-state index contributed by atoms with van der Waals surface area (Å²) in [5, 5.41) is 3.26. The van der Waals surface area contributed by atoms with Crippen LogP contribution in [-0.2, 0) is 12.7 Å². The normalized spacial score (nSPS) is 11.4. The van der Waals surface area contributed by atoms with Crippen molar-refractivity contribution in [1.82, 2.24) is 9.97 Å². The molecular formula is C13H11ClF3N3. The Labute approximate surface area is 118 Å². The smallest absolute Gasteiger partial charge is 0.366 e. The van der Waals surface area contributed by atoms with Gasteiger partial charge in [0.1, 0.15) is 17.3 Å². The molecule has 1 aromatic heterocycles. The number of aromatic nitrogens is 2. The molecule has 0 radical (unpaired) electrons. The van der Waals surface area contributed by atoms with E-state index in [-0.39, 0.29) is 6.54 Å². The van der Waals surface area contributed by atoms with Crippen molar-refractivity contribution in [1.29, 1.82) is 0 Å². The molecule has 0 saturated carbocycles. The van der Waals surface area contributed by atoms with Crippen molar-refractivity contribution < 1.29 is 13.2 Å². The summed E-state index contributed by atoms with van der Waals surface area (Å²) in [5.74, 6) is 0.502. The van der Waals surface area contributed by atoms with Gasteiger partial charge in [0.15, 0.2) is 0 Å². The van der Waals surface area contributed by atoms with Crippen LogP contribution in [0.3, 0.4) is 0 Å². The van der Waals surface area contributed by atoms with Crippen LogP contribution in [0.2, 0.25) is 5.15 Å². The van der Waals surface area contributed by atoms with Crippen LogP contribution >= 0.6 is 11.6 Å². The summed E-state index contributed by atoms with van der Waals surface area (Å²) < 4.78 is 37.8. The largest absolute Gasteiger partial charge is 0.416 e. The third-order valence-corrected chi connectivity index (χ3v) is 3.12. The Hall–Kier alpha value is -1.82. The molecule has 0 saturated heterocycles. The fourth-order valence-electron chi connectivity index (χ4n) is 1.65. The zero-order valence-corrected chi connectivity index (χ0v) is 11.3. The van der Waals surface area contributed by atoms with Crippen LogP contribution in [-0.4, -0.2) is 9.97 Å². The Bertz CT molecular complexity index is 614. The van der Waals surface area contributed by atoms with Crippen molar-refractivity contribution in [2.24, 2.45) is 0 Å². The first-order valence-corrected chi connectivity index (χ1v) is 6.13. The Morgan fingerprint density at radius 3 is 2.70 bits per heavy atom. The lowest BCUT2D eigenvalue weighted by atomic mass is 10.1. The van der Waals surface area contributed by atoms with Gasteiger partial charge in [0.05, 0.1) is 5.56 Å². The number of alkyl halides is 3. The molecule has 0 atom stereocenters. The van der Waals surface area contributed by atoms with Gasteiger partial charge in [-0.2, -0.15) is 13.2 Å². The fraction of sp³-hybridized carbons (Fsp3) is 0.231. The van der Waals surface area contributed by atoms with Crippen LogP contribution < -0.4 is 5.32 Å². The summed E-state index contributed by atoms with van der Waals surface area (Å²) in [4.78, 5) is 7.80. The van der Waals surface area contributed by atoms with E-state index in [9.17, 15) is 13.2 Å². The van der Waals surface area contributed by atoms with Crippen molar-refractivity contribution in [2.75, 3.05) is 5.32 Å². The summed E-state index contributed by atoms with van der Waals surface area (Å²) in [6.07, 6.45) is -3.05. The third kappa shape index (κ3) is 3.39. The number of benzene rings is 1. The molecule has 0 spiro atoms. The maximum atomic E-state index is 12.6. The monoisotopic (exact) mass is 301 g/mol. The number of hydrogen-bond acceptors (Lipinski definition) is 3. The minimum atomic E-state index is -4.34. The topological polar surface area (TPSA) is 37.8 Å². The molecule has 1 aromatic carbocycles. The molecule has 20 heavy (non-hydrogen) atoms. The van der Waals surface area contributed by atoms with Gasteiger partial charge >= 0.3 is 6.18 Å². The van der Waals surface area contributed by atoms with E-state index in [4.69, 9.17) is 11.6 Å². The number of halogens is 4. The summed E-state index contributed by atoms with van der Waals surface area (Å²) in [7, 11) is 0. The molecular weight excluding hydrogens is 291 g/mol. The molecule has 7 heteroatoms. The number of anilines is 1. The number of nitrogens with zero attached hydrogens (tertiary/aromatic N) is 2. The molecule has 3 nitrogen and oxygen atoms in total. The average molecular weight is 302 g/mol. The van der Waals surface area contributed by atoms with Gasteiger partial charge in [-0.15, -0.1) is 0 Å². The summed E-state index contributed by atoms with van der Waals surface area (Å²) >= 11 is 5.84. The van der Waals surface area contributed by atoms with E-state index in [1.165, 1.54) is 12.4 Å². The van der Waals surface area contributed by atoms with E-state index in [1.54, 1.807) is 13.0 Å². The van der Waals surface area contributed by atoms with Gasteiger partial charge in [0.25, 0.3) is 0 Å². The van der Waals surface area contributed by atoms with E-state index < -0.39 is 11.7 Å². The highest BCUT2D eigenvalue weighted by molar-refractivity contribution is 6.30. The van der Waals surface area contributed by atoms with Crippen LogP contribution in [0, 0.1) is 6.92 Å². The van der Waals surface area contributed by atoms with E-state index >= 15 is 0 Å². The van der Waals surface area contributed by atoms with E-state index in [0.29, 0.717) is 22.1 Å². The summed E-state index contributed by atoms with van der Waals surface area (Å²) in [6.45, 7) is 1.95. The minimum absolute atomic E-state index is 0.220. The zero-order valence-electron chi connectivity index (χ0n) is 10.5. The van der Waals surface area contributed by atoms with Crippen LogP contribution in [0.25, 0.3) is 0 Å². The molecule has 1 N–H and O–H groups in total. The SMILES string of the molecule is Cc1c(Cl)ncnc1NCc1cccc(C(F)(F)F)c1. The van der Waals surface area contributed by atoms with Gasteiger partial charge in [-0.25, -0.2) is 9.97 Å². The van der Waals surface area contributed by atoms with Crippen LogP contribution in [0.4, 0.5) is 19.0 Å². The number of nitrogens with one attached hydrogen (secondary N) is 1. The Balaban J connectivity index is 2.13. The predicted octanol–water partition coefficient (Wildman–Crippen LogP) is 4.07. The average Bonchev–Trinajstić information content (AvgIpc) is 2.40. The zero-order chi connectivity index (χ0) is 14.8. The molecule has 0 bridgehead atoms. The van der Waals surface area contributed by atoms with E-state index in [2.05, 4.69) is 15.3 Å². The Kier molecular flexibility index (Phi) is 4.13. The van der Waals surface area contributed by atoms with Gasteiger partial charge in [0, 0.05) is 12.1 Å². The third-order valence-electron chi connectivity index (χ3n) is 2.74. The van der Waals surface area contributed by atoms with E-state index in [1.807, 2.05) is 0 Å². The second-order valence-corrected chi connectivity index (χ2v) is 4.55. The Morgan fingerprint density at radius 2 is 2.00 bits per heavy atom. The van der Waals surface area contributed by atoms with Crippen LogP contribution in [0.1, 0.15) is 16.7 Å². The molecule has 0 fully saturated rings. The first-order chi connectivity index (χ1) is 9.38. The first-order valence-electron chi connectivity index (χ1n) is 5.75. The first kappa shape index (κ1) is 14.6. The molecule has 1 heterocycles. The van der Waals surface area contributed by atoms with Gasteiger partial charge < -0.3 is 5.32 Å². The molecule has 0 amide bonds. The molecule has 0 aliphatic rings. The van der Waals surface area contributed by atoms with Crippen molar-refractivity contribution in [3.8, 4) is 0 Å². The van der Waals surface area contributed by atoms with Gasteiger partial charge in [0.2, 0.25) is 0 Å².